The van der Waals surface area contributed by atoms with Crippen LogP contribution in [-0.4, -0.2) is 30.2 Å². The van der Waals surface area contributed by atoms with E-state index < -0.39 is 0 Å². The van der Waals surface area contributed by atoms with E-state index in [1.54, 1.807) is 4.68 Å². The Labute approximate surface area is 163 Å². The van der Waals surface area contributed by atoms with Crippen molar-refractivity contribution in [2.24, 2.45) is 0 Å². The van der Waals surface area contributed by atoms with Crippen molar-refractivity contribution in [3.05, 3.63) is 51.9 Å². The number of rotatable bonds is 5. The number of hydrogen-bond acceptors (Lipinski definition) is 7. The Kier molecular flexibility index (Phi) is 4.79. The Morgan fingerprint density at radius 1 is 1.19 bits per heavy atom. The second-order valence-corrected chi connectivity index (χ2v) is 8.57. The maximum Gasteiger partial charge on any atom is 0.260 e. The second-order valence-electron chi connectivity index (χ2n) is 6.41. The highest BCUT2D eigenvalue weighted by molar-refractivity contribution is 7.99. The average molecular weight is 399 g/mol. The molecule has 138 valence electrons. The first-order valence-corrected chi connectivity index (χ1v) is 10.3. The quantitative estimate of drug-likeness (QED) is 0.510. The zero-order valence-corrected chi connectivity index (χ0v) is 16.7. The lowest BCUT2D eigenvalue weighted by Crippen LogP contribution is -2.13. The summed E-state index contributed by atoms with van der Waals surface area (Å²) in [6, 6.07) is 10.1. The van der Waals surface area contributed by atoms with Gasteiger partial charge in [0.15, 0.2) is 0 Å². The van der Waals surface area contributed by atoms with Gasteiger partial charge in [-0.1, -0.05) is 42.1 Å². The minimum Gasteiger partial charge on any atom is -0.309 e. The summed E-state index contributed by atoms with van der Waals surface area (Å²) in [6.07, 6.45) is 0. The molecule has 3 aromatic heterocycles. The Bertz CT molecular complexity index is 1130. The molecule has 0 saturated carbocycles. The third-order valence-corrected chi connectivity index (χ3v) is 6.09. The second kappa shape index (κ2) is 7.24. The number of aromatic nitrogens is 6. The van der Waals surface area contributed by atoms with E-state index in [1.165, 1.54) is 23.1 Å². The number of nitrogens with one attached hydrogen (secondary N) is 1. The SMILES string of the molecule is CC(Sc1nnnn1C(C)C)c1nc2scc(-c3ccccc3)c2c(=O)[nH]1. The molecule has 9 heteroatoms. The standard InChI is InChI=1S/C18H18N6OS2/c1-10(2)24-18(21-22-23-24)27-11(3)15-19-16(25)14-13(9-26-17(14)20-15)12-7-5-4-6-8-12/h4-11H,1-3H3,(H,19,20,25). The van der Waals surface area contributed by atoms with Crippen molar-refractivity contribution in [2.75, 3.05) is 0 Å². The van der Waals surface area contributed by atoms with Crippen LogP contribution in [0.5, 0.6) is 0 Å². The molecule has 0 aliphatic carbocycles. The molecular formula is C18H18N6OS2. The van der Waals surface area contributed by atoms with Gasteiger partial charge >= 0.3 is 0 Å². The normalized spacial score (nSPS) is 12.7. The van der Waals surface area contributed by atoms with Gasteiger partial charge in [0.25, 0.3) is 5.56 Å². The first kappa shape index (κ1) is 17.9. The lowest BCUT2D eigenvalue weighted by Gasteiger charge is -2.12. The number of tetrazole rings is 1. The van der Waals surface area contributed by atoms with Gasteiger partial charge in [-0.25, -0.2) is 9.67 Å². The molecule has 7 nitrogen and oxygen atoms in total. The third kappa shape index (κ3) is 3.40. The molecule has 0 radical (unpaired) electrons. The molecule has 0 amide bonds. The Morgan fingerprint density at radius 3 is 2.70 bits per heavy atom. The lowest BCUT2D eigenvalue weighted by atomic mass is 10.1. The van der Waals surface area contributed by atoms with Gasteiger partial charge in [0.05, 0.1) is 16.7 Å². The van der Waals surface area contributed by atoms with Crippen LogP contribution in [0, 0.1) is 0 Å². The van der Waals surface area contributed by atoms with Crippen molar-refractivity contribution in [2.45, 2.75) is 37.2 Å². The summed E-state index contributed by atoms with van der Waals surface area (Å²) in [5.41, 5.74) is 1.81. The predicted octanol–water partition coefficient (Wildman–Crippen LogP) is 4.07. The molecule has 0 fully saturated rings. The zero-order valence-electron chi connectivity index (χ0n) is 15.1. The summed E-state index contributed by atoms with van der Waals surface area (Å²) in [6.45, 7) is 6.03. The van der Waals surface area contributed by atoms with Crippen molar-refractivity contribution in [3.8, 4) is 11.1 Å². The molecule has 3 heterocycles. The fourth-order valence-electron chi connectivity index (χ4n) is 2.79. The minimum atomic E-state index is -0.119. The number of hydrogen-bond donors (Lipinski definition) is 1. The van der Waals surface area contributed by atoms with E-state index in [0.717, 1.165) is 16.0 Å². The molecule has 27 heavy (non-hydrogen) atoms. The summed E-state index contributed by atoms with van der Waals surface area (Å²) in [4.78, 5) is 21.2. The van der Waals surface area contributed by atoms with Crippen molar-refractivity contribution in [1.82, 2.24) is 30.2 Å². The van der Waals surface area contributed by atoms with E-state index in [9.17, 15) is 4.79 Å². The molecule has 4 aromatic rings. The van der Waals surface area contributed by atoms with Crippen LogP contribution < -0.4 is 5.56 Å². The first-order chi connectivity index (χ1) is 13.0. The molecule has 0 saturated heterocycles. The van der Waals surface area contributed by atoms with Crippen LogP contribution in [-0.2, 0) is 0 Å². The molecule has 1 N–H and O–H groups in total. The molecule has 0 bridgehead atoms. The first-order valence-electron chi connectivity index (χ1n) is 8.56. The van der Waals surface area contributed by atoms with Crippen LogP contribution in [0.15, 0.2) is 45.7 Å². The highest BCUT2D eigenvalue weighted by Gasteiger charge is 2.19. The van der Waals surface area contributed by atoms with Crippen LogP contribution >= 0.6 is 23.1 Å². The highest BCUT2D eigenvalue weighted by atomic mass is 32.2. The smallest absolute Gasteiger partial charge is 0.260 e. The third-order valence-electron chi connectivity index (χ3n) is 4.17. The van der Waals surface area contributed by atoms with Gasteiger partial charge in [0.2, 0.25) is 5.16 Å². The van der Waals surface area contributed by atoms with Gasteiger partial charge < -0.3 is 4.98 Å². The fourth-order valence-corrected chi connectivity index (χ4v) is 4.72. The van der Waals surface area contributed by atoms with Crippen molar-refractivity contribution in [3.63, 3.8) is 0 Å². The van der Waals surface area contributed by atoms with Gasteiger partial charge in [0, 0.05) is 10.9 Å². The zero-order chi connectivity index (χ0) is 19.0. The maximum atomic E-state index is 12.8. The minimum absolute atomic E-state index is 0.0899. The fraction of sp³-hybridized carbons (Fsp3) is 0.278. The number of thioether (sulfide) groups is 1. The van der Waals surface area contributed by atoms with Gasteiger partial charge in [0.1, 0.15) is 10.7 Å². The molecular weight excluding hydrogens is 380 g/mol. The summed E-state index contributed by atoms with van der Waals surface area (Å²) in [5, 5.41) is 15.1. The molecule has 0 aliphatic rings. The maximum absolute atomic E-state index is 12.8. The Hall–Kier alpha value is -2.52. The largest absolute Gasteiger partial charge is 0.309 e. The van der Waals surface area contributed by atoms with Crippen molar-refractivity contribution >= 4 is 33.3 Å². The van der Waals surface area contributed by atoms with E-state index in [0.29, 0.717) is 16.4 Å². The Morgan fingerprint density at radius 2 is 1.96 bits per heavy atom. The average Bonchev–Trinajstić information content (AvgIpc) is 3.29. The number of benzene rings is 1. The van der Waals surface area contributed by atoms with Crippen molar-refractivity contribution in [1.29, 1.82) is 0 Å². The van der Waals surface area contributed by atoms with Gasteiger partial charge in [-0.05, 0) is 36.8 Å². The van der Waals surface area contributed by atoms with Crippen LogP contribution in [0.3, 0.4) is 0 Å². The van der Waals surface area contributed by atoms with Gasteiger partial charge in [-0.2, -0.15) is 0 Å². The van der Waals surface area contributed by atoms with Crippen LogP contribution in [0.1, 0.15) is 37.9 Å². The monoisotopic (exact) mass is 398 g/mol. The van der Waals surface area contributed by atoms with Crippen LogP contribution in [0.2, 0.25) is 0 Å². The number of H-pyrrole nitrogens is 1. The van der Waals surface area contributed by atoms with Gasteiger partial charge in [-0.3, -0.25) is 4.79 Å². The Balaban J connectivity index is 1.70. The molecule has 1 aromatic carbocycles. The summed E-state index contributed by atoms with van der Waals surface area (Å²) >= 11 is 2.96. The van der Waals surface area contributed by atoms with E-state index in [4.69, 9.17) is 4.98 Å². The molecule has 4 rings (SSSR count). The topological polar surface area (TPSA) is 89.3 Å². The van der Waals surface area contributed by atoms with Crippen LogP contribution in [0.4, 0.5) is 0 Å². The lowest BCUT2D eigenvalue weighted by molar-refractivity contribution is 0.477. The number of fused-ring (bicyclic) bond motifs is 1. The van der Waals surface area contributed by atoms with Gasteiger partial charge in [-0.15, -0.1) is 16.4 Å². The van der Waals surface area contributed by atoms with E-state index >= 15 is 0 Å². The summed E-state index contributed by atoms with van der Waals surface area (Å²) < 4.78 is 1.76. The van der Waals surface area contributed by atoms with E-state index in [1.807, 2.05) is 56.5 Å². The van der Waals surface area contributed by atoms with E-state index in [2.05, 4.69) is 20.5 Å². The van der Waals surface area contributed by atoms with Crippen molar-refractivity contribution < 1.29 is 0 Å². The summed E-state index contributed by atoms with van der Waals surface area (Å²) in [7, 11) is 0. The summed E-state index contributed by atoms with van der Waals surface area (Å²) in [5.74, 6) is 0.622. The molecule has 0 spiro atoms. The number of nitrogens with zero attached hydrogens (tertiary/aromatic N) is 5. The number of thiophene rings is 1. The molecule has 0 aliphatic heterocycles. The van der Waals surface area contributed by atoms with E-state index in [-0.39, 0.29) is 16.9 Å². The predicted molar refractivity (Wildman–Crippen MR) is 108 cm³/mol. The van der Waals surface area contributed by atoms with Crippen LogP contribution in [0.25, 0.3) is 21.3 Å². The molecule has 1 unspecified atom stereocenters. The number of aromatic amines is 1. The highest BCUT2D eigenvalue weighted by Crippen LogP contribution is 2.35. The molecule has 1 atom stereocenters.